The number of ether oxygens (including phenoxy) is 1. The van der Waals surface area contributed by atoms with Gasteiger partial charge in [-0.05, 0) is 41.4 Å². The van der Waals surface area contributed by atoms with Crippen molar-refractivity contribution < 1.29 is 4.74 Å². The fourth-order valence-corrected chi connectivity index (χ4v) is 2.61. The molecule has 0 saturated heterocycles. The zero-order valence-corrected chi connectivity index (χ0v) is 13.8. The average molecular weight is 318 g/mol. The summed E-state index contributed by atoms with van der Waals surface area (Å²) in [6.07, 6.45) is 3.44. The molecule has 5 nitrogen and oxygen atoms in total. The number of rotatable bonds is 7. The van der Waals surface area contributed by atoms with Gasteiger partial charge in [-0.2, -0.15) is 11.3 Å². The molecule has 0 aliphatic heterocycles. The first kappa shape index (κ1) is 16.3. The van der Waals surface area contributed by atoms with Gasteiger partial charge in [-0.3, -0.25) is 4.98 Å². The Balaban J connectivity index is 1.83. The van der Waals surface area contributed by atoms with Crippen molar-refractivity contribution in [3.8, 4) is 5.75 Å². The van der Waals surface area contributed by atoms with E-state index in [1.54, 1.807) is 23.7 Å². The second kappa shape index (κ2) is 9.04. The first-order chi connectivity index (χ1) is 10.8. The minimum Gasteiger partial charge on any atom is -0.490 e. The second-order valence-electron chi connectivity index (χ2n) is 4.76. The molecule has 0 amide bonds. The van der Waals surface area contributed by atoms with Gasteiger partial charge in [-0.25, -0.2) is 4.99 Å². The van der Waals surface area contributed by atoms with Gasteiger partial charge >= 0.3 is 0 Å². The van der Waals surface area contributed by atoms with Crippen LogP contribution in [-0.2, 0) is 6.54 Å². The van der Waals surface area contributed by atoms with Crippen LogP contribution in [0.1, 0.15) is 12.5 Å². The van der Waals surface area contributed by atoms with Crippen LogP contribution < -0.4 is 10.1 Å². The Labute approximate surface area is 135 Å². The quantitative estimate of drug-likeness (QED) is 0.484. The molecule has 0 aliphatic carbocycles. The third kappa shape index (κ3) is 5.37. The average Bonchev–Trinajstić information content (AvgIpc) is 3.04. The summed E-state index contributed by atoms with van der Waals surface area (Å²) in [7, 11) is 2.04. The Morgan fingerprint density at radius 2 is 2.36 bits per heavy atom. The van der Waals surface area contributed by atoms with Crippen molar-refractivity contribution in [2.75, 3.05) is 26.7 Å². The van der Waals surface area contributed by atoms with Crippen LogP contribution in [0, 0.1) is 0 Å². The molecule has 2 aromatic heterocycles. The minimum absolute atomic E-state index is 0.535. The maximum absolute atomic E-state index is 5.61. The van der Waals surface area contributed by atoms with Gasteiger partial charge < -0.3 is 15.0 Å². The van der Waals surface area contributed by atoms with E-state index in [1.165, 1.54) is 5.56 Å². The first-order valence-electron chi connectivity index (χ1n) is 7.33. The number of hydrogen-bond donors (Lipinski definition) is 1. The molecule has 0 radical (unpaired) electrons. The van der Waals surface area contributed by atoms with Crippen LogP contribution in [0.25, 0.3) is 0 Å². The van der Waals surface area contributed by atoms with Crippen molar-refractivity contribution in [1.29, 1.82) is 0 Å². The van der Waals surface area contributed by atoms with Crippen LogP contribution in [0.3, 0.4) is 0 Å². The molecule has 0 fully saturated rings. The summed E-state index contributed by atoms with van der Waals surface area (Å²) >= 11 is 1.71. The predicted octanol–water partition coefficient (Wildman–Crippen LogP) is 2.62. The highest BCUT2D eigenvalue weighted by atomic mass is 32.1. The maximum Gasteiger partial charge on any atom is 0.194 e. The molecule has 118 valence electrons. The lowest BCUT2D eigenvalue weighted by atomic mass is 10.3. The van der Waals surface area contributed by atoms with Crippen molar-refractivity contribution in [2.45, 2.75) is 13.5 Å². The van der Waals surface area contributed by atoms with Crippen LogP contribution in [0.2, 0.25) is 0 Å². The Hall–Kier alpha value is -2.08. The van der Waals surface area contributed by atoms with Gasteiger partial charge in [-0.1, -0.05) is 0 Å². The number of nitrogens with one attached hydrogen (secondary N) is 1. The number of thiophene rings is 1. The van der Waals surface area contributed by atoms with Gasteiger partial charge in [0, 0.05) is 26.3 Å². The number of guanidine groups is 1. The highest BCUT2D eigenvalue weighted by molar-refractivity contribution is 7.07. The van der Waals surface area contributed by atoms with E-state index in [-0.39, 0.29) is 0 Å². The zero-order valence-electron chi connectivity index (χ0n) is 13.0. The molecule has 0 aromatic carbocycles. The van der Waals surface area contributed by atoms with Crippen LogP contribution in [-0.4, -0.2) is 42.6 Å². The highest BCUT2D eigenvalue weighted by Gasteiger charge is 2.06. The summed E-state index contributed by atoms with van der Waals surface area (Å²) in [5.41, 5.74) is 1.30. The Bertz CT molecular complexity index is 557. The Morgan fingerprint density at radius 1 is 1.45 bits per heavy atom. The van der Waals surface area contributed by atoms with Crippen LogP contribution >= 0.6 is 11.3 Å². The molecule has 0 atom stereocenters. The molecule has 0 spiro atoms. The summed E-state index contributed by atoms with van der Waals surface area (Å²) in [6, 6.07) is 5.89. The fourth-order valence-electron chi connectivity index (χ4n) is 1.95. The molecule has 2 heterocycles. The molecule has 0 aliphatic rings. The van der Waals surface area contributed by atoms with Crippen molar-refractivity contribution in [3.05, 3.63) is 46.9 Å². The molecule has 22 heavy (non-hydrogen) atoms. The third-order valence-corrected chi connectivity index (χ3v) is 3.68. The number of hydrogen-bond acceptors (Lipinski definition) is 4. The van der Waals surface area contributed by atoms with Gasteiger partial charge in [0.15, 0.2) is 5.96 Å². The first-order valence-corrected chi connectivity index (χ1v) is 8.27. The van der Waals surface area contributed by atoms with E-state index >= 15 is 0 Å². The topological polar surface area (TPSA) is 49.8 Å². The highest BCUT2D eigenvalue weighted by Crippen LogP contribution is 2.08. The van der Waals surface area contributed by atoms with E-state index in [1.807, 2.05) is 19.2 Å². The molecule has 1 N–H and O–H groups in total. The van der Waals surface area contributed by atoms with Gasteiger partial charge in [0.05, 0.1) is 12.7 Å². The van der Waals surface area contributed by atoms with E-state index in [9.17, 15) is 0 Å². The summed E-state index contributed by atoms with van der Waals surface area (Å²) < 4.78 is 5.61. The van der Waals surface area contributed by atoms with Crippen LogP contribution in [0.4, 0.5) is 0 Å². The molecule has 0 unspecified atom stereocenters. The number of aromatic nitrogens is 1. The van der Waals surface area contributed by atoms with E-state index in [0.717, 1.165) is 24.8 Å². The van der Waals surface area contributed by atoms with Crippen molar-refractivity contribution in [1.82, 2.24) is 15.2 Å². The van der Waals surface area contributed by atoms with Gasteiger partial charge in [0.25, 0.3) is 0 Å². The predicted molar refractivity (Wildman–Crippen MR) is 91.5 cm³/mol. The van der Waals surface area contributed by atoms with Gasteiger partial charge in [0.2, 0.25) is 0 Å². The number of aliphatic imine (C=N–C) groups is 1. The molecule has 2 aromatic rings. The van der Waals surface area contributed by atoms with Gasteiger partial charge in [0.1, 0.15) is 12.4 Å². The number of pyridine rings is 1. The number of nitrogens with zero attached hydrogens (tertiary/aromatic N) is 3. The lowest BCUT2D eigenvalue weighted by Crippen LogP contribution is -2.38. The lowest BCUT2D eigenvalue weighted by molar-refractivity contribution is 0.326. The Morgan fingerprint density at radius 3 is 3.05 bits per heavy atom. The van der Waals surface area contributed by atoms with E-state index in [2.05, 4.69) is 43.9 Å². The lowest BCUT2D eigenvalue weighted by Gasteiger charge is -2.21. The van der Waals surface area contributed by atoms with Crippen molar-refractivity contribution >= 4 is 17.3 Å². The SMILES string of the molecule is CCNC(=NCCOc1cccnc1)N(C)Cc1ccsc1. The summed E-state index contributed by atoms with van der Waals surface area (Å²) in [5, 5.41) is 7.56. The summed E-state index contributed by atoms with van der Waals surface area (Å²) in [6.45, 7) is 4.90. The normalized spacial score (nSPS) is 11.3. The largest absolute Gasteiger partial charge is 0.490 e. The Kier molecular flexibility index (Phi) is 6.70. The van der Waals surface area contributed by atoms with E-state index in [0.29, 0.717) is 13.2 Å². The molecule has 2 rings (SSSR count). The standard InChI is InChI=1S/C16H22N4OS/c1-3-18-16(20(2)12-14-6-10-22-13-14)19-8-9-21-15-5-4-7-17-11-15/h4-7,10-11,13H,3,8-9,12H2,1-2H3,(H,18,19). The monoisotopic (exact) mass is 318 g/mol. The van der Waals surface area contributed by atoms with E-state index in [4.69, 9.17) is 4.74 Å². The van der Waals surface area contributed by atoms with Crippen molar-refractivity contribution in [2.24, 2.45) is 4.99 Å². The van der Waals surface area contributed by atoms with Crippen molar-refractivity contribution in [3.63, 3.8) is 0 Å². The molecule has 0 saturated carbocycles. The maximum atomic E-state index is 5.61. The minimum atomic E-state index is 0.535. The van der Waals surface area contributed by atoms with E-state index < -0.39 is 0 Å². The summed E-state index contributed by atoms with van der Waals surface area (Å²) in [5.74, 6) is 1.66. The molecule has 6 heteroatoms. The molecular formula is C16H22N4OS. The second-order valence-corrected chi connectivity index (χ2v) is 5.54. The smallest absolute Gasteiger partial charge is 0.194 e. The molecular weight excluding hydrogens is 296 g/mol. The molecule has 0 bridgehead atoms. The van der Waals surface area contributed by atoms with Crippen LogP contribution in [0.5, 0.6) is 5.75 Å². The zero-order chi connectivity index (χ0) is 15.6. The van der Waals surface area contributed by atoms with Crippen LogP contribution in [0.15, 0.2) is 46.3 Å². The summed E-state index contributed by atoms with van der Waals surface area (Å²) in [4.78, 5) is 10.7. The third-order valence-electron chi connectivity index (χ3n) is 2.95. The van der Waals surface area contributed by atoms with Gasteiger partial charge in [-0.15, -0.1) is 0 Å². The fraction of sp³-hybridized carbons (Fsp3) is 0.375.